The van der Waals surface area contributed by atoms with Gasteiger partial charge in [-0.3, -0.25) is 4.57 Å². The Balaban J connectivity index is 1.67. The van der Waals surface area contributed by atoms with Crippen LogP contribution in [0.3, 0.4) is 0 Å². The summed E-state index contributed by atoms with van der Waals surface area (Å²) in [6.07, 6.45) is 7.59. The highest BCUT2D eigenvalue weighted by atomic mass is 15.4. The zero-order chi connectivity index (χ0) is 15.0. The second kappa shape index (κ2) is 5.41. The topological polar surface area (TPSA) is 34.0 Å². The fraction of sp³-hybridized carbons (Fsp3) is 0.556. The standard InChI is InChI=1S/C18H24N4/c1-21-16(18(11-12-18)15-9-5-4-6-10-15)19-20-17(21)22-13-7-2-3-8-14-22/h4-6,9-10H,2-3,7-8,11-14H2,1H3. The Morgan fingerprint density at radius 2 is 1.59 bits per heavy atom. The van der Waals surface area contributed by atoms with Crippen molar-refractivity contribution in [3.05, 3.63) is 41.7 Å². The largest absolute Gasteiger partial charge is 0.341 e. The van der Waals surface area contributed by atoms with E-state index in [1.54, 1.807) is 0 Å². The Bertz CT molecular complexity index is 634. The van der Waals surface area contributed by atoms with Gasteiger partial charge in [0.15, 0.2) is 0 Å². The van der Waals surface area contributed by atoms with E-state index in [1.165, 1.54) is 44.1 Å². The van der Waals surface area contributed by atoms with Gasteiger partial charge in [-0.15, -0.1) is 10.2 Å². The Morgan fingerprint density at radius 3 is 2.23 bits per heavy atom. The molecule has 116 valence electrons. The molecule has 0 unspecified atom stereocenters. The summed E-state index contributed by atoms with van der Waals surface area (Å²) in [5, 5.41) is 9.16. The molecule has 1 aliphatic heterocycles. The minimum absolute atomic E-state index is 0.104. The SMILES string of the molecule is Cn1c(N2CCCCCC2)nnc1C1(c2ccccc2)CC1. The van der Waals surface area contributed by atoms with E-state index < -0.39 is 0 Å². The first-order valence-corrected chi connectivity index (χ1v) is 8.52. The molecule has 2 fully saturated rings. The van der Waals surface area contributed by atoms with Crippen molar-refractivity contribution in [2.75, 3.05) is 18.0 Å². The Labute approximate surface area is 132 Å². The number of aromatic nitrogens is 3. The van der Waals surface area contributed by atoms with Crippen LogP contribution < -0.4 is 4.90 Å². The Kier molecular flexibility index (Phi) is 3.40. The van der Waals surface area contributed by atoms with E-state index in [2.05, 4.69) is 57.0 Å². The van der Waals surface area contributed by atoms with E-state index in [9.17, 15) is 0 Å². The van der Waals surface area contributed by atoms with E-state index in [0.29, 0.717) is 0 Å². The lowest BCUT2D eigenvalue weighted by Crippen LogP contribution is -2.27. The number of anilines is 1. The molecule has 0 bridgehead atoms. The maximum absolute atomic E-state index is 4.60. The van der Waals surface area contributed by atoms with Crippen molar-refractivity contribution in [1.82, 2.24) is 14.8 Å². The molecular weight excluding hydrogens is 272 g/mol. The highest BCUT2D eigenvalue weighted by Gasteiger charge is 2.50. The van der Waals surface area contributed by atoms with Crippen LogP contribution in [0.2, 0.25) is 0 Å². The van der Waals surface area contributed by atoms with E-state index in [1.807, 2.05) is 0 Å². The van der Waals surface area contributed by atoms with Crippen LogP contribution in [0.5, 0.6) is 0 Å². The third-order valence-electron chi connectivity index (χ3n) is 5.25. The van der Waals surface area contributed by atoms with Crippen molar-refractivity contribution in [3.8, 4) is 0 Å². The zero-order valence-corrected chi connectivity index (χ0v) is 13.3. The number of benzene rings is 1. The monoisotopic (exact) mass is 296 g/mol. The summed E-state index contributed by atoms with van der Waals surface area (Å²) in [5.74, 6) is 2.19. The van der Waals surface area contributed by atoms with Crippen LogP contribution in [0.25, 0.3) is 0 Å². The summed E-state index contributed by atoms with van der Waals surface area (Å²) in [7, 11) is 2.14. The van der Waals surface area contributed by atoms with E-state index in [4.69, 9.17) is 0 Å². The molecule has 0 amide bonds. The summed E-state index contributed by atoms with van der Waals surface area (Å²) in [4.78, 5) is 2.42. The highest BCUT2D eigenvalue weighted by Crippen LogP contribution is 2.52. The molecule has 2 aromatic rings. The molecule has 4 nitrogen and oxygen atoms in total. The normalized spacial score (nSPS) is 20.7. The van der Waals surface area contributed by atoms with Crippen molar-refractivity contribution < 1.29 is 0 Å². The summed E-state index contributed by atoms with van der Waals surface area (Å²) in [6, 6.07) is 10.8. The van der Waals surface area contributed by atoms with Gasteiger partial charge in [0.2, 0.25) is 5.95 Å². The molecule has 4 heteroatoms. The average molecular weight is 296 g/mol. The van der Waals surface area contributed by atoms with E-state index in [-0.39, 0.29) is 5.41 Å². The summed E-state index contributed by atoms with van der Waals surface area (Å²) < 4.78 is 2.24. The molecule has 1 saturated carbocycles. The minimum atomic E-state index is 0.104. The summed E-state index contributed by atoms with van der Waals surface area (Å²) >= 11 is 0. The van der Waals surface area contributed by atoms with Gasteiger partial charge < -0.3 is 4.90 Å². The number of hydrogen-bond acceptors (Lipinski definition) is 3. The van der Waals surface area contributed by atoms with Gasteiger partial charge in [-0.2, -0.15) is 0 Å². The number of hydrogen-bond donors (Lipinski definition) is 0. The quantitative estimate of drug-likeness (QED) is 0.871. The molecule has 1 aliphatic carbocycles. The lowest BCUT2D eigenvalue weighted by Gasteiger charge is -2.22. The van der Waals surface area contributed by atoms with Gasteiger partial charge in [0, 0.05) is 20.1 Å². The van der Waals surface area contributed by atoms with Gasteiger partial charge in [0.05, 0.1) is 5.41 Å². The van der Waals surface area contributed by atoms with Gasteiger partial charge in [0.25, 0.3) is 0 Å². The summed E-state index contributed by atoms with van der Waals surface area (Å²) in [5.41, 5.74) is 1.49. The molecule has 4 rings (SSSR count). The third-order valence-corrected chi connectivity index (χ3v) is 5.25. The first-order chi connectivity index (χ1) is 10.8. The van der Waals surface area contributed by atoms with Crippen LogP contribution >= 0.6 is 0 Å². The average Bonchev–Trinajstić information content (AvgIpc) is 3.32. The third kappa shape index (κ3) is 2.21. The van der Waals surface area contributed by atoms with Gasteiger partial charge in [-0.25, -0.2) is 0 Å². The predicted octanol–water partition coefficient (Wildman–Crippen LogP) is 3.28. The molecular formula is C18H24N4. The van der Waals surface area contributed by atoms with Crippen molar-refractivity contribution in [2.24, 2.45) is 7.05 Å². The van der Waals surface area contributed by atoms with Crippen LogP contribution in [0.15, 0.2) is 30.3 Å². The maximum atomic E-state index is 4.60. The van der Waals surface area contributed by atoms with Crippen LogP contribution in [0, 0.1) is 0 Å². The van der Waals surface area contributed by atoms with E-state index in [0.717, 1.165) is 24.9 Å². The number of nitrogens with zero attached hydrogens (tertiary/aromatic N) is 4. The number of rotatable bonds is 3. The van der Waals surface area contributed by atoms with Gasteiger partial charge in [0.1, 0.15) is 5.82 Å². The van der Waals surface area contributed by atoms with Crippen molar-refractivity contribution >= 4 is 5.95 Å². The second-order valence-electron chi connectivity index (χ2n) is 6.73. The molecule has 22 heavy (non-hydrogen) atoms. The predicted molar refractivity (Wildman–Crippen MR) is 88.1 cm³/mol. The fourth-order valence-corrected chi connectivity index (χ4v) is 3.81. The second-order valence-corrected chi connectivity index (χ2v) is 6.73. The van der Waals surface area contributed by atoms with Crippen molar-refractivity contribution in [2.45, 2.75) is 43.9 Å². The minimum Gasteiger partial charge on any atom is -0.341 e. The molecule has 2 aliphatic rings. The highest BCUT2D eigenvalue weighted by molar-refractivity contribution is 5.42. The smallest absolute Gasteiger partial charge is 0.226 e. The molecule has 0 N–H and O–H groups in total. The molecule has 1 aromatic heterocycles. The molecule has 0 radical (unpaired) electrons. The van der Waals surface area contributed by atoms with Crippen LogP contribution in [-0.4, -0.2) is 27.9 Å². The van der Waals surface area contributed by atoms with Crippen molar-refractivity contribution in [3.63, 3.8) is 0 Å². The molecule has 2 heterocycles. The molecule has 0 atom stereocenters. The lowest BCUT2D eigenvalue weighted by molar-refractivity contribution is 0.675. The van der Waals surface area contributed by atoms with Gasteiger partial charge in [-0.05, 0) is 31.2 Å². The maximum Gasteiger partial charge on any atom is 0.226 e. The molecule has 0 spiro atoms. The van der Waals surface area contributed by atoms with Crippen LogP contribution in [-0.2, 0) is 12.5 Å². The van der Waals surface area contributed by atoms with Crippen LogP contribution in [0.4, 0.5) is 5.95 Å². The Hall–Kier alpha value is -1.84. The molecule has 1 saturated heterocycles. The van der Waals surface area contributed by atoms with Crippen LogP contribution in [0.1, 0.15) is 49.9 Å². The van der Waals surface area contributed by atoms with E-state index >= 15 is 0 Å². The molecule has 1 aromatic carbocycles. The summed E-state index contributed by atoms with van der Waals surface area (Å²) in [6.45, 7) is 2.23. The zero-order valence-electron chi connectivity index (χ0n) is 13.3. The first kappa shape index (κ1) is 13.8. The van der Waals surface area contributed by atoms with Gasteiger partial charge in [-0.1, -0.05) is 43.2 Å². The Morgan fingerprint density at radius 1 is 0.909 bits per heavy atom. The van der Waals surface area contributed by atoms with Gasteiger partial charge >= 0.3 is 0 Å². The van der Waals surface area contributed by atoms with Crippen molar-refractivity contribution in [1.29, 1.82) is 0 Å². The fourth-order valence-electron chi connectivity index (χ4n) is 3.81. The lowest BCUT2D eigenvalue weighted by atomic mass is 9.95. The first-order valence-electron chi connectivity index (χ1n) is 8.52.